The summed E-state index contributed by atoms with van der Waals surface area (Å²) in [6, 6.07) is 15.9. The van der Waals surface area contributed by atoms with Crippen LogP contribution in [0.25, 0.3) is 0 Å². The number of hydrogen-bond acceptors (Lipinski definition) is 6. The van der Waals surface area contributed by atoms with Gasteiger partial charge in [0.2, 0.25) is 5.91 Å². The van der Waals surface area contributed by atoms with Crippen molar-refractivity contribution in [2.75, 3.05) is 41.8 Å². The third kappa shape index (κ3) is 4.68. The second-order valence-corrected chi connectivity index (χ2v) is 7.51. The van der Waals surface area contributed by atoms with Gasteiger partial charge in [-0.3, -0.25) is 4.79 Å². The number of para-hydroxylation sites is 2. The average Bonchev–Trinajstić information content (AvgIpc) is 3.23. The Morgan fingerprint density at radius 2 is 1.96 bits per heavy atom. The quantitative estimate of drug-likeness (QED) is 0.664. The number of carbonyl (C=O) groups is 1. The van der Waals surface area contributed by atoms with Gasteiger partial charge in [0, 0.05) is 18.0 Å². The van der Waals surface area contributed by atoms with E-state index in [4.69, 9.17) is 4.74 Å². The molecule has 0 bridgehead atoms. The minimum atomic E-state index is -0.0617. The molecule has 0 saturated carbocycles. The molecule has 0 unspecified atom stereocenters. The highest BCUT2D eigenvalue weighted by atomic mass is 32.1. The van der Waals surface area contributed by atoms with Gasteiger partial charge in [-0.05, 0) is 35.7 Å². The van der Waals surface area contributed by atoms with E-state index in [1.807, 2.05) is 41.8 Å². The molecule has 2 aromatic heterocycles. The molecule has 144 valence electrons. The molecule has 1 aliphatic heterocycles. The highest BCUT2D eigenvalue weighted by Gasteiger charge is 2.14. The Kier molecular flexibility index (Phi) is 5.84. The third-order valence-corrected chi connectivity index (χ3v) is 5.36. The number of amides is 1. The highest BCUT2D eigenvalue weighted by Crippen LogP contribution is 2.29. The van der Waals surface area contributed by atoms with E-state index < -0.39 is 0 Å². The first-order chi connectivity index (χ1) is 13.8. The van der Waals surface area contributed by atoms with Crippen molar-refractivity contribution in [3.05, 3.63) is 65.0 Å². The lowest BCUT2D eigenvalue weighted by atomic mass is 10.2. The molecule has 1 saturated heterocycles. The smallest absolute Gasteiger partial charge is 0.230 e. The van der Waals surface area contributed by atoms with Gasteiger partial charge in [-0.25, -0.2) is 4.98 Å². The lowest BCUT2D eigenvalue weighted by Gasteiger charge is -2.30. The molecule has 3 heterocycles. The van der Waals surface area contributed by atoms with Gasteiger partial charge in [-0.15, -0.1) is 11.3 Å². The van der Waals surface area contributed by atoms with Gasteiger partial charge in [0.05, 0.1) is 42.9 Å². The van der Waals surface area contributed by atoms with E-state index in [-0.39, 0.29) is 5.91 Å². The predicted octanol–water partition coefficient (Wildman–Crippen LogP) is 3.90. The fourth-order valence-corrected chi connectivity index (χ4v) is 3.82. The van der Waals surface area contributed by atoms with E-state index in [0.29, 0.717) is 12.2 Å². The second-order valence-electron chi connectivity index (χ2n) is 6.48. The van der Waals surface area contributed by atoms with Crippen LogP contribution in [0.15, 0.2) is 60.1 Å². The van der Waals surface area contributed by atoms with Crippen LogP contribution in [-0.2, 0) is 16.0 Å². The summed E-state index contributed by atoms with van der Waals surface area (Å²) in [5, 5.41) is 8.24. The zero-order chi connectivity index (χ0) is 19.2. The number of ether oxygens (including phenoxy) is 1. The maximum absolute atomic E-state index is 12.1. The van der Waals surface area contributed by atoms with Gasteiger partial charge in [-0.2, -0.15) is 0 Å². The molecular formula is C21H22N4O2S. The number of benzene rings is 1. The number of nitrogens with zero attached hydrogens (tertiary/aromatic N) is 2. The van der Waals surface area contributed by atoms with E-state index in [0.717, 1.165) is 48.2 Å². The van der Waals surface area contributed by atoms with Crippen molar-refractivity contribution in [3.8, 4) is 0 Å². The number of rotatable bonds is 6. The Balaban J connectivity index is 1.40. The second kappa shape index (κ2) is 8.86. The molecule has 3 aromatic rings. The van der Waals surface area contributed by atoms with Crippen LogP contribution in [-0.4, -0.2) is 37.2 Å². The molecular weight excluding hydrogens is 372 g/mol. The Morgan fingerprint density at radius 3 is 2.71 bits per heavy atom. The molecule has 0 radical (unpaired) electrons. The van der Waals surface area contributed by atoms with Crippen molar-refractivity contribution in [3.63, 3.8) is 0 Å². The maximum atomic E-state index is 12.1. The minimum Gasteiger partial charge on any atom is -0.378 e. The fraction of sp³-hybridized carbons (Fsp3) is 0.238. The Morgan fingerprint density at radius 1 is 1.11 bits per heavy atom. The summed E-state index contributed by atoms with van der Waals surface area (Å²) in [7, 11) is 0. The normalized spacial score (nSPS) is 13.9. The first-order valence-electron chi connectivity index (χ1n) is 9.25. The largest absolute Gasteiger partial charge is 0.378 e. The summed E-state index contributed by atoms with van der Waals surface area (Å²) in [5.74, 6) is 0.488. The number of nitrogens with one attached hydrogen (secondary N) is 2. The number of carbonyl (C=O) groups excluding carboxylic acids is 1. The molecule has 2 N–H and O–H groups in total. The molecule has 6 nitrogen and oxygen atoms in total. The summed E-state index contributed by atoms with van der Waals surface area (Å²) in [6.45, 7) is 3.25. The number of anilines is 4. The van der Waals surface area contributed by atoms with Crippen LogP contribution < -0.4 is 15.5 Å². The van der Waals surface area contributed by atoms with Crippen molar-refractivity contribution < 1.29 is 9.53 Å². The summed E-state index contributed by atoms with van der Waals surface area (Å²) < 4.78 is 5.45. The highest BCUT2D eigenvalue weighted by molar-refractivity contribution is 7.10. The summed E-state index contributed by atoms with van der Waals surface area (Å²) in [6.07, 6.45) is 2.10. The van der Waals surface area contributed by atoms with Crippen molar-refractivity contribution in [2.24, 2.45) is 0 Å². The van der Waals surface area contributed by atoms with Crippen LogP contribution in [0.4, 0.5) is 22.9 Å². The number of pyridine rings is 1. The number of thiophene rings is 1. The summed E-state index contributed by atoms with van der Waals surface area (Å²) in [4.78, 5) is 19.8. The summed E-state index contributed by atoms with van der Waals surface area (Å²) in [5.41, 5.74) is 3.05. The van der Waals surface area contributed by atoms with Gasteiger partial charge >= 0.3 is 0 Å². The molecule has 0 atom stereocenters. The van der Waals surface area contributed by atoms with E-state index >= 15 is 0 Å². The van der Waals surface area contributed by atoms with Crippen LogP contribution in [0.1, 0.15) is 4.88 Å². The van der Waals surface area contributed by atoms with E-state index in [2.05, 4.69) is 32.7 Å². The molecule has 7 heteroatoms. The standard InChI is InChI=1S/C21H22N4O2S/c26-21(14-17-4-3-13-28-17)24-20-8-7-16(15-22-20)23-18-5-1-2-6-19(18)25-9-11-27-12-10-25/h1-8,13,15,23H,9-12,14H2,(H,22,24,26). The van der Waals surface area contributed by atoms with Crippen LogP contribution >= 0.6 is 11.3 Å². The molecule has 4 rings (SSSR count). The zero-order valence-electron chi connectivity index (χ0n) is 15.4. The van der Waals surface area contributed by atoms with E-state index in [1.165, 1.54) is 0 Å². The van der Waals surface area contributed by atoms with Crippen LogP contribution in [0, 0.1) is 0 Å². The maximum Gasteiger partial charge on any atom is 0.230 e. The van der Waals surface area contributed by atoms with E-state index in [9.17, 15) is 4.79 Å². The molecule has 28 heavy (non-hydrogen) atoms. The first kappa shape index (κ1) is 18.5. The van der Waals surface area contributed by atoms with Gasteiger partial charge in [0.25, 0.3) is 0 Å². The van der Waals surface area contributed by atoms with Crippen molar-refractivity contribution in [1.29, 1.82) is 0 Å². The Labute approximate surface area is 168 Å². The average molecular weight is 395 g/mol. The van der Waals surface area contributed by atoms with Crippen LogP contribution in [0.5, 0.6) is 0 Å². The van der Waals surface area contributed by atoms with E-state index in [1.54, 1.807) is 17.5 Å². The molecule has 1 aromatic carbocycles. The van der Waals surface area contributed by atoms with Gasteiger partial charge in [0.15, 0.2) is 0 Å². The molecule has 0 aliphatic carbocycles. The minimum absolute atomic E-state index is 0.0617. The lowest BCUT2D eigenvalue weighted by Crippen LogP contribution is -2.36. The third-order valence-electron chi connectivity index (χ3n) is 4.48. The van der Waals surface area contributed by atoms with Crippen LogP contribution in [0.3, 0.4) is 0 Å². The number of morpholine rings is 1. The monoisotopic (exact) mass is 394 g/mol. The Bertz CT molecular complexity index is 906. The van der Waals surface area contributed by atoms with Gasteiger partial charge in [-0.1, -0.05) is 18.2 Å². The molecule has 1 aliphatic rings. The van der Waals surface area contributed by atoms with Gasteiger partial charge in [0.1, 0.15) is 5.82 Å². The van der Waals surface area contributed by atoms with Crippen molar-refractivity contribution in [2.45, 2.75) is 6.42 Å². The lowest BCUT2D eigenvalue weighted by molar-refractivity contribution is -0.115. The number of aromatic nitrogens is 1. The summed E-state index contributed by atoms with van der Waals surface area (Å²) >= 11 is 1.58. The van der Waals surface area contributed by atoms with Gasteiger partial charge < -0.3 is 20.3 Å². The number of hydrogen-bond donors (Lipinski definition) is 2. The Hall–Kier alpha value is -2.90. The topological polar surface area (TPSA) is 66.5 Å². The first-order valence-corrected chi connectivity index (χ1v) is 10.1. The molecule has 1 fully saturated rings. The zero-order valence-corrected chi connectivity index (χ0v) is 16.2. The van der Waals surface area contributed by atoms with Crippen molar-refractivity contribution >= 4 is 40.1 Å². The predicted molar refractivity (Wildman–Crippen MR) is 114 cm³/mol. The fourth-order valence-electron chi connectivity index (χ4n) is 3.12. The molecule has 0 spiro atoms. The SMILES string of the molecule is O=C(Cc1cccs1)Nc1ccc(Nc2ccccc2N2CCOCC2)cn1. The van der Waals surface area contributed by atoms with Crippen LogP contribution in [0.2, 0.25) is 0 Å². The molecule has 1 amide bonds. The van der Waals surface area contributed by atoms with Crippen molar-refractivity contribution in [1.82, 2.24) is 4.98 Å².